The Labute approximate surface area is 125 Å². The van der Waals surface area contributed by atoms with E-state index in [-0.39, 0.29) is 0 Å². The van der Waals surface area contributed by atoms with Crippen LogP contribution in [0.15, 0.2) is 0 Å². The fraction of sp³-hybridized carbons (Fsp3) is 1.00. The summed E-state index contributed by atoms with van der Waals surface area (Å²) >= 11 is 0. The fourth-order valence-corrected chi connectivity index (χ4v) is 5.56. The Morgan fingerprint density at radius 1 is 0.850 bits per heavy atom. The molecule has 0 aromatic heterocycles. The van der Waals surface area contributed by atoms with Gasteiger partial charge in [-0.2, -0.15) is 0 Å². The molecule has 1 heterocycles. The Balaban J connectivity index is 1.79. The van der Waals surface area contributed by atoms with E-state index in [0.717, 1.165) is 12.0 Å². The van der Waals surface area contributed by atoms with Crippen molar-refractivity contribution in [3.05, 3.63) is 0 Å². The predicted octanol–water partition coefficient (Wildman–Crippen LogP) is 3.95. The SMILES string of the molecule is CNC(C1CCCCCC1)C1(N2CCCC2)CCCC1. The van der Waals surface area contributed by atoms with Crippen LogP contribution in [0.25, 0.3) is 0 Å². The van der Waals surface area contributed by atoms with Gasteiger partial charge in [-0.05, 0) is 64.6 Å². The monoisotopic (exact) mass is 278 g/mol. The molecule has 3 fully saturated rings. The number of likely N-dealkylation sites (tertiary alicyclic amines) is 1. The molecule has 3 rings (SSSR count). The van der Waals surface area contributed by atoms with E-state index in [4.69, 9.17) is 0 Å². The number of rotatable bonds is 4. The van der Waals surface area contributed by atoms with Crippen LogP contribution in [0.5, 0.6) is 0 Å². The van der Waals surface area contributed by atoms with Crippen LogP contribution in [-0.4, -0.2) is 36.6 Å². The summed E-state index contributed by atoms with van der Waals surface area (Å²) in [5.41, 5.74) is 0.514. The summed E-state index contributed by atoms with van der Waals surface area (Å²) in [5, 5.41) is 3.82. The normalized spacial score (nSPS) is 30.4. The van der Waals surface area contributed by atoms with E-state index >= 15 is 0 Å². The first-order chi connectivity index (χ1) is 9.87. The molecule has 0 bridgehead atoms. The lowest BCUT2D eigenvalue weighted by molar-refractivity contribution is 0.0497. The molecule has 2 nitrogen and oxygen atoms in total. The van der Waals surface area contributed by atoms with Gasteiger partial charge < -0.3 is 5.32 Å². The van der Waals surface area contributed by atoms with E-state index in [1.54, 1.807) is 0 Å². The van der Waals surface area contributed by atoms with Gasteiger partial charge in [-0.25, -0.2) is 0 Å². The lowest BCUT2D eigenvalue weighted by Crippen LogP contribution is -2.61. The van der Waals surface area contributed by atoms with Gasteiger partial charge in [-0.15, -0.1) is 0 Å². The van der Waals surface area contributed by atoms with Gasteiger partial charge in [0.25, 0.3) is 0 Å². The number of hydrogen-bond acceptors (Lipinski definition) is 2. The molecule has 1 saturated heterocycles. The molecule has 2 aliphatic carbocycles. The van der Waals surface area contributed by atoms with Gasteiger partial charge in [-0.1, -0.05) is 38.5 Å². The molecule has 3 aliphatic rings. The first-order valence-corrected chi connectivity index (χ1v) is 9.29. The molecule has 0 aromatic carbocycles. The van der Waals surface area contributed by atoms with Crippen molar-refractivity contribution in [1.29, 1.82) is 0 Å². The van der Waals surface area contributed by atoms with Crippen molar-refractivity contribution in [2.24, 2.45) is 5.92 Å². The second-order valence-electron chi connectivity index (χ2n) is 7.52. The molecule has 116 valence electrons. The second-order valence-corrected chi connectivity index (χ2v) is 7.52. The molecular formula is C18H34N2. The maximum Gasteiger partial charge on any atom is 0.0365 e. The van der Waals surface area contributed by atoms with Crippen LogP contribution in [-0.2, 0) is 0 Å². The topological polar surface area (TPSA) is 15.3 Å². The first-order valence-electron chi connectivity index (χ1n) is 9.29. The summed E-state index contributed by atoms with van der Waals surface area (Å²) in [6, 6.07) is 0.751. The standard InChI is InChI=1S/C18H34N2/c1-19-17(16-10-4-2-3-5-11-16)18(12-6-7-13-18)20-14-8-9-15-20/h16-17,19H,2-15H2,1H3. The summed E-state index contributed by atoms with van der Waals surface area (Å²) in [4.78, 5) is 2.89. The largest absolute Gasteiger partial charge is 0.315 e. The molecule has 2 heteroatoms. The second kappa shape index (κ2) is 6.79. The number of nitrogens with one attached hydrogen (secondary N) is 1. The van der Waals surface area contributed by atoms with Crippen molar-refractivity contribution < 1.29 is 0 Å². The maximum absolute atomic E-state index is 3.82. The minimum absolute atomic E-state index is 0.514. The number of nitrogens with zero attached hydrogens (tertiary/aromatic N) is 1. The zero-order chi connectivity index (χ0) is 13.8. The highest BCUT2D eigenvalue weighted by Gasteiger charge is 2.48. The van der Waals surface area contributed by atoms with Crippen LogP contribution in [0.2, 0.25) is 0 Å². The molecule has 0 spiro atoms. The molecule has 20 heavy (non-hydrogen) atoms. The molecule has 1 N–H and O–H groups in total. The average molecular weight is 278 g/mol. The molecule has 0 aromatic rings. The first kappa shape index (κ1) is 14.8. The summed E-state index contributed by atoms with van der Waals surface area (Å²) in [5.74, 6) is 0.932. The summed E-state index contributed by atoms with van der Waals surface area (Å²) in [6.45, 7) is 2.73. The lowest BCUT2D eigenvalue weighted by atomic mass is 9.76. The molecule has 0 radical (unpaired) electrons. The van der Waals surface area contributed by atoms with Crippen LogP contribution in [0.3, 0.4) is 0 Å². The van der Waals surface area contributed by atoms with Crippen molar-refractivity contribution in [2.75, 3.05) is 20.1 Å². The van der Waals surface area contributed by atoms with Crippen LogP contribution in [0, 0.1) is 5.92 Å². The fourth-order valence-electron chi connectivity index (χ4n) is 5.56. The Kier molecular flexibility index (Phi) is 5.04. The molecule has 1 unspecified atom stereocenters. The molecule has 1 atom stereocenters. The zero-order valence-electron chi connectivity index (χ0n) is 13.5. The van der Waals surface area contributed by atoms with Crippen LogP contribution < -0.4 is 5.32 Å². The van der Waals surface area contributed by atoms with Gasteiger partial charge in [0.15, 0.2) is 0 Å². The molecular weight excluding hydrogens is 244 g/mol. The maximum atomic E-state index is 3.82. The van der Waals surface area contributed by atoms with Crippen molar-refractivity contribution in [1.82, 2.24) is 10.2 Å². The quantitative estimate of drug-likeness (QED) is 0.783. The van der Waals surface area contributed by atoms with E-state index in [1.807, 2.05) is 0 Å². The van der Waals surface area contributed by atoms with E-state index < -0.39 is 0 Å². The minimum Gasteiger partial charge on any atom is -0.315 e. The highest BCUT2D eigenvalue weighted by Crippen LogP contribution is 2.44. The van der Waals surface area contributed by atoms with Crippen LogP contribution in [0.1, 0.15) is 77.0 Å². The van der Waals surface area contributed by atoms with Gasteiger partial charge in [0, 0.05) is 11.6 Å². The van der Waals surface area contributed by atoms with Crippen molar-refractivity contribution >= 4 is 0 Å². The molecule has 1 aliphatic heterocycles. The summed E-state index contributed by atoms with van der Waals surface area (Å²) < 4.78 is 0. The van der Waals surface area contributed by atoms with E-state index in [1.165, 1.54) is 90.1 Å². The molecule has 0 amide bonds. The van der Waals surface area contributed by atoms with Crippen molar-refractivity contribution in [3.8, 4) is 0 Å². The Morgan fingerprint density at radius 2 is 1.45 bits per heavy atom. The van der Waals surface area contributed by atoms with Crippen molar-refractivity contribution in [3.63, 3.8) is 0 Å². The highest BCUT2D eigenvalue weighted by atomic mass is 15.2. The van der Waals surface area contributed by atoms with Gasteiger partial charge in [-0.3, -0.25) is 4.90 Å². The molecule has 2 saturated carbocycles. The van der Waals surface area contributed by atoms with E-state index in [9.17, 15) is 0 Å². The summed E-state index contributed by atoms with van der Waals surface area (Å²) in [7, 11) is 2.24. The van der Waals surface area contributed by atoms with Gasteiger partial charge in [0.1, 0.15) is 0 Å². The van der Waals surface area contributed by atoms with Gasteiger partial charge >= 0.3 is 0 Å². The summed E-state index contributed by atoms with van der Waals surface area (Å²) in [6.07, 6.45) is 17.5. The van der Waals surface area contributed by atoms with Gasteiger partial charge in [0.05, 0.1) is 0 Å². The smallest absolute Gasteiger partial charge is 0.0365 e. The third-order valence-electron chi connectivity index (χ3n) is 6.47. The average Bonchev–Trinajstić information content (AvgIpc) is 3.09. The van der Waals surface area contributed by atoms with Crippen LogP contribution >= 0.6 is 0 Å². The van der Waals surface area contributed by atoms with Gasteiger partial charge in [0.2, 0.25) is 0 Å². The third-order valence-corrected chi connectivity index (χ3v) is 6.47. The Morgan fingerprint density at radius 3 is 2.00 bits per heavy atom. The predicted molar refractivity (Wildman–Crippen MR) is 86.0 cm³/mol. The zero-order valence-corrected chi connectivity index (χ0v) is 13.5. The Hall–Kier alpha value is -0.0800. The highest BCUT2D eigenvalue weighted by molar-refractivity contribution is 5.06. The van der Waals surface area contributed by atoms with Crippen molar-refractivity contribution in [2.45, 2.75) is 88.6 Å². The number of likely N-dealkylation sites (N-methyl/N-ethyl adjacent to an activating group) is 1. The number of hydrogen-bond donors (Lipinski definition) is 1. The minimum atomic E-state index is 0.514. The lowest BCUT2D eigenvalue weighted by Gasteiger charge is -2.48. The Bertz CT molecular complexity index is 282. The third kappa shape index (κ3) is 2.78. The van der Waals surface area contributed by atoms with E-state index in [2.05, 4.69) is 17.3 Å². The van der Waals surface area contributed by atoms with E-state index in [0.29, 0.717) is 5.54 Å². The van der Waals surface area contributed by atoms with Crippen LogP contribution in [0.4, 0.5) is 0 Å².